The van der Waals surface area contributed by atoms with E-state index in [0.717, 1.165) is 44.2 Å². The van der Waals surface area contributed by atoms with Crippen molar-refractivity contribution in [1.29, 1.82) is 0 Å². The maximum Gasteiger partial charge on any atom is 0.373 e. The molecule has 2 atom stereocenters. The van der Waals surface area contributed by atoms with E-state index >= 15 is 0 Å². The van der Waals surface area contributed by atoms with Crippen LogP contribution in [-0.2, 0) is 24.9 Å². The Morgan fingerprint density at radius 2 is 1.83 bits per heavy atom. The molecule has 0 aromatic heterocycles. The van der Waals surface area contributed by atoms with E-state index in [0.29, 0.717) is 23.0 Å². The Labute approximate surface area is 175 Å². The number of hydrogen-bond donors (Lipinski definition) is 1. The van der Waals surface area contributed by atoms with Gasteiger partial charge in [0.05, 0.1) is 5.02 Å². The molecule has 5 fully saturated rings. The first kappa shape index (κ1) is 20.0. The lowest BCUT2D eigenvalue weighted by atomic mass is 9.47. The van der Waals surface area contributed by atoms with Crippen LogP contribution in [0.3, 0.4) is 0 Å². The molecule has 6 rings (SSSR count). The van der Waals surface area contributed by atoms with Crippen LogP contribution in [-0.4, -0.2) is 24.3 Å². The quantitative estimate of drug-likeness (QED) is 0.505. The predicted molar refractivity (Wildman–Crippen MR) is 109 cm³/mol. The zero-order chi connectivity index (χ0) is 20.6. The van der Waals surface area contributed by atoms with E-state index in [1.807, 2.05) is 6.07 Å². The van der Waals surface area contributed by atoms with Crippen molar-refractivity contribution in [2.75, 3.05) is 13.8 Å². The molecule has 1 spiro atoms. The maximum absolute atomic E-state index is 12.0. The van der Waals surface area contributed by atoms with Gasteiger partial charge in [0, 0.05) is 24.9 Å². The highest BCUT2D eigenvalue weighted by molar-refractivity contribution is 7.52. The molecular formula is C21H26ClO6P. The zero-order valence-electron chi connectivity index (χ0n) is 16.6. The fourth-order valence-corrected chi connectivity index (χ4v) is 7.50. The first-order valence-corrected chi connectivity index (χ1v) is 12.5. The summed E-state index contributed by atoms with van der Waals surface area (Å²) < 4.78 is 23.4. The Hall–Kier alpha value is -0.880. The standard InChI is InChI=1S/C21H26ClO6P/c1-4-14-5-6-17(18(22)19(14)26-29(3,23)24)21(25-2)20(27-28-21)15-8-12-7-13(10-15)11-16(20)9-12/h4-6,12-13,15-16H,1,7-11H2,2-3H3,(H,23,24). The molecule has 1 saturated heterocycles. The van der Waals surface area contributed by atoms with E-state index in [9.17, 15) is 9.46 Å². The number of rotatable bonds is 5. The molecule has 4 aliphatic carbocycles. The van der Waals surface area contributed by atoms with Gasteiger partial charge in [-0.25, -0.2) is 9.45 Å². The minimum absolute atomic E-state index is 0.110. The Bertz CT molecular complexity index is 879. The lowest BCUT2D eigenvalue weighted by Gasteiger charge is -2.68. The Morgan fingerprint density at radius 3 is 2.28 bits per heavy atom. The lowest BCUT2D eigenvalue weighted by molar-refractivity contribution is -0.645. The molecular weight excluding hydrogens is 415 g/mol. The van der Waals surface area contributed by atoms with Crippen LogP contribution in [0, 0.1) is 23.7 Å². The van der Waals surface area contributed by atoms with E-state index in [4.69, 9.17) is 30.6 Å². The van der Waals surface area contributed by atoms with Gasteiger partial charge in [-0.15, -0.1) is 0 Å². The minimum atomic E-state index is -3.83. The summed E-state index contributed by atoms with van der Waals surface area (Å²) >= 11 is 6.75. The van der Waals surface area contributed by atoms with Crippen LogP contribution < -0.4 is 4.52 Å². The SMILES string of the molecule is C=Cc1ccc(C2(OC)OOC23C2CC4CC(C2)CC3C4)c(Cl)c1OP(C)(=O)O. The van der Waals surface area contributed by atoms with Crippen LogP contribution in [0.1, 0.15) is 43.2 Å². The molecule has 0 radical (unpaired) electrons. The predicted octanol–water partition coefficient (Wildman–Crippen LogP) is 5.13. The molecule has 4 saturated carbocycles. The highest BCUT2D eigenvalue weighted by Gasteiger charge is 2.77. The fraction of sp³-hybridized carbons (Fsp3) is 0.619. The highest BCUT2D eigenvalue weighted by atomic mass is 35.5. The Morgan fingerprint density at radius 1 is 1.21 bits per heavy atom. The Balaban J connectivity index is 1.64. The first-order valence-electron chi connectivity index (χ1n) is 10.1. The fourth-order valence-electron chi connectivity index (χ4n) is 6.58. The third kappa shape index (κ3) is 2.67. The molecule has 1 aromatic carbocycles. The van der Waals surface area contributed by atoms with Gasteiger partial charge in [0.1, 0.15) is 0 Å². The molecule has 8 heteroatoms. The minimum Gasteiger partial charge on any atom is -0.422 e. The number of benzene rings is 1. The molecule has 6 nitrogen and oxygen atoms in total. The van der Waals surface area contributed by atoms with Crippen LogP contribution in [0.25, 0.3) is 6.08 Å². The van der Waals surface area contributed by atoms with Crippen LogP contribution in [0.4, 0.5) is 0 Å². The summed E-state index contributed by atoms with van der Waals surface area (Å²) in [6.45, 7) is 4.88. The van der Waals surface area contributed by atoms with Gasteiger partial charge in [-0.3, -0.25) is 0 Å². The highest BCUT2D eigenvalue weighted by Crippen LogP contribution is 2.70. The van der Waals surface area contributed by atoms with Gasteiger partial charge in [0.15, 0.2) is 11.4 Å². The summed E-state index contributed by atoms with van der Waals surface area (Å²) in [6, 6.07) is 3.58. The third-order valence-electron chi connectivity index (χ3n) is 7.41. The van der Waals surface area contributed by atoms with Gasteiger partial charge < -0.3 is 14.2 Å². The molecule has 0 amide bonds. The number of halogens is 1. The van der Waals surface area contributed by atoms with Crippen LogP contribution in [0.5, 0.6) is 5.75 Å². The van der Waals surface area contributed by atoms with Crippen molar-refractivity contribution in [3.63, 3.8) is 0 Å². The van der Waals surface area contributed by atoms with E-state index in [1.54, 1.807) is 13.2 Å². The van der Waals surface area contributed by atoms with Crippen LogP contribution in [0.15, 0.2) is 18.7 Å². The van der Waals surface area contributed by atoms with Crippen molar-refractivity contribution in [3.8, 4) is 5.75 Å². The summed E-state index contributed by atoms with van der Waals surface area (Å²) in [4.78, 5) is 21.5. The third-order valence-corrected chi connectivity index (χ3v) is 8.31. The van der Waals surface area contributed by atoms with E-state index in [2.05, 4.69) is 6.58 Å². The second-order valence-corrected chi connectivity index (χ2v) is 11.2. The van der Waals surface area contributed by atoms with Gasteiger partial charge in [0.2, 0.25) is 0 Å². The topological polar surface area (TPSA) is 74.2 Å². The van der Waals surface area contributed by atoms with Crippen LogP contribution in [0.2, 0.25) is 5.02 Å². The second kappa shape index (κ2) is 6.56. The average molecular weight is 441 g/mol. The molecule has 1 aromatic rings. The monoisotopic (exact) mass is 440 g/mol. The number of hydrogen-bond acceptors (Lipinski definition) is 5. The summed E-state index contributed by atoms with van der Waals surface area (Å²) in [5, 5.41) is 0.192. The van der Waals surface area contributed by atoms with Crippen molar-refractivity contribution in [2.45, 2.75) is 43.5 Å². The maximum atomic E-state index is 12.0. The second-order valence-electron chi connectivity index (χ2n) is 9.03. The van der Waals surface area contributed by atoms with Gasteiger partial charge in [-0.05, 0) is 55.8 Å². The number of ether oxygens (including phenoxy) is 1. The van der Waals surface area contributed by atoms with Crippen LogP contribution >= 0.6 is 19.2 Å². The van der Waals surface area contributed by atoms with Crippen molar-refractivity contribution >= 4 is 25.3 Å². The van der Waals surface area contributed by atoms with Gasteiger partial charge in [0.25, 0.3) is 5.79 Å². The van der Waals surface area contributed by atoms with Crippen molar-refractivity contribution < 1.29 is 28.5 Å². The van der Waals surface area contributed by atoms with E-state index in [-0.39, 0.29) is 10.8 Å². The number of methoxy groups -OCH3 is 1. The van der Waals surface area contributed by atoms with Crippen molar-refractivity contribution in [2.24, 2.45) is 23.7 Å². The molecule has 2 unspecified atom stereocenters. The molecule has 5 aliphatic rings. The smallest absolute Gasteiger partial charge is 0.373 e. The van der Waals surface area contributed by atoms with Gasteiger partial charge >= 0.3 is 7.60 Å². The molecule has 1 aliphatic heterocycles. The van der Waals surface area contributed by atoms with Crippen molar-refractivity contribution in [1.82, 2.24) is 0 Å². The van der Waals surface area contributed by atoms with Crippen molar-refractivity contribution in [3.05, 3.63) is 34.9 Å². The molecule has 1 N–H and O–H groups in total. The Kier molecular flexibility index (Phi) is 4.53. The summed E-state index contributed by atoms with van der Waals surface area (Å²) in [5.41, 5.74) is 0.496. The summed E-state index contributed by atoms with van der Waals surface area (Å²) in [5.74, 6) is 1.11. The zero-order valence-corrected chi connectivity index (χ0v) is 18.2. The molecule has 29 heavy (non-hydrogen) atoms. The molecule has 158 valence electrons. The molecule has 4 bridgehead atoms. The average Bonchev–Trinajstić information content (AvgIpc) is 2.63. The lowest BCUT2D eigenvalue weighted by Crippen LogP contribution is -2.76. The summed E-state index contributed by atoms with van der Waals surface area (Å²) in [7, 11) is -2.23. The van der Waals surface area contributed by atoms with E-state index in [1.165, 1.54) is 12.5 Å². The first-order chi connectivity index (χ1) is 13.7. The normalized spacial score (nSPS) is 41.8. The van der Waals surface area contributed by atoms with Gasteiger partial charge in [-0.1, -0.05) is 36.4 Å². The molecule has 1 heterocycles. The van der Waals surface area contributed by atoms with Gasteiger partial charge in [-0.2, -0.15) is 4.89 Å². The summed E-state index contributed by atoms with van der Waals surface area (Å²) in [6.07, 6.45) is 7.28. The van der Waals surface area contributed by atoms with E-state index < -0.39 is 19.0 Å². The largest absolute Gasteiger partial charge is 0.422 e.